The Balaban J connectivity index is 1.69. The number of rotatable bonds is 8. The van der Waals surface area contributed by atoms with Gasteiger partial charge >= 0.3 is 0 Å². The molecule has 0 atom stereocenters. The van der Waals surface area contributed by atoms with Crippen molar-refractivity contribution in [1.29, 1.82) is 0 Å². The first kappa shape index (κ1) is 21.1. The average Bonchev–Trinajstić information content (AvgIpc) is 3.08. The van der Waals surface area contributed by atoms with E-state index in [4.69, 9.17) is 4.84 Å². The van der Waals surface area contributed by atoms with Crippen molar-refractivity contribution >= 4 is 30.9 Å². The van der Waals surface area contributed by atoms with Gasteiger partial charge in [-0.05, 0) is 54.1 Å². The van der Waals surface area contributed by atoms with Crippen molar-refractivity contribution in [1.82, 2.24) is 19.5 Å². The van der Waals surface area contributed by atoms with Crippen molar-refractivity contribution in [2.75, 3.05) is 26.5 Å². The number of benzene rings is 2. The second-order valence-electron chi connectivity index (χ2n) is 6.36. The number of nitrogens with zero attached hydrogens (tertiary/aromatic N) is 4. The summed E-state index contributed by atoms with van der Waals surface area (Å²) in [6.07, 6.45) is 0.150. The molecule has 0 unspecified atom stereocenters. The zero-order chi connectivity index (χ0) is 21.2. The number of hydrogen-bond acceptors (Lipinski definition) is 7. The summed E-state index contributed by atoms with van der Waals surface area (Å²) >= 11 is 0. The van der Waals surface area contributed by atoms with Gasteiger partial charge in [0.05, 0.1) is 15.5 Å². The van der Waals surface area contributed by atoms with Crippen LogP contribution in [0.1, 0.15) is 6.42 Å². The van der Waals surface area contributed by atoms with Gasteiger partial charge in [-0.3, -0.25) is 0 Å². The summed E-state index contributed by atoms with van der Waals surface area (Å²) in [5.74, 6) is -0.716. The maximum absolute atomic E-state index is 12.9. The van der Waals surface area contributed by atoms with Gasteiger partial charge in [-0.15, -0.1) is 5.10 Å². The van der Waals surface area contributed by atoms with E-state index in [1.54, 1.807) is 0 Å². The summed E-state index contributed by atoms with van der Waals surface area (Å²) in [5, 5.41) is 7.71. The van der Waals surface area contributed by atoms with Gasteiger partial charge in [0.25, 0.3) is 0 Å². The van der Waals surface area contributed by atoms with Crippen molar-refractivity contribution in [2.24, 2.45) is 0 Å². The van der Waals surface area contributed by atoms with Crippen LogP contribution in [-0.4, -0.2) is 62.8 Å². The summed E-state index contributed by atoms with van der Waals surface area (Å²) in [6, 6.07) is 8.92. The third-order valence-corrected chi connectivity index (χ3v) is 7.74. The van der Waals surface area contributed by atoms with Gasteiger partial charge in [-0.25, -0.2) is 25.5 Å². The number of sulfone groups is 1. The van der Waals surface area contributed by atoms with Crippen LogP contribution < -0.4 is 4.84 Å². The lowest BCUT2D eigenvalue weighted by Crippen LogP contribution is -2.22. The minimum absolute atomic E-state index is 0.00351. The smallest absolute Gasteiger partial charge is 0.242 e. The number of hydrogen-bond donors (Lipinski definition) is 0. The van der Waals surface area contributed by atoms with Crippen LogP contribution >= 0.6 is 0 Å². The van der Waals surface area contributed by atoms with Gasteiger partial charge in [0.1, 0.15) is 23.5 Å². The zero-order valence-corrected chi connectivity index (χ0v) is 17.3. The van der Waals surface area contributed by atoms with E-state index in [0.717, 1.165) is 21.3 Å². The van der Waals surface area contributed by atoms with E-state index in [9.17, 15) is 21.2 Å². The van der Waals surface area contributed by atoms with E-state index in [-0.39, 0.29) is 28.6 Å². The van der Waals surface area contributed by atoms with Crippen LogP contribution in [0.25, 0.3) is 11.0 Å². The molecule has 156 valence electrons. The van der Waals surface area contributed by atoms with Gasteiger partial charge in [0.2, 0.25) is 10.0 Å². The molecule has 0 fully saturated rings. The van der Waals surface area contributed by atoms with E-state index in [1.165, 1.54) is 44.4 Å². The van der Waals surface area contributed by atoms with Crippen molar-refractivity contribution in [3.8, 4) is 0 Å². The fourth-order valence-corrected chi connectivity index (χ4v) is 4.71. The third kappa shape index (κ3) is 4.54. The minimum atomic E-state index is -3.64. The molecule has 0 saturated heterocycles. The topological polar surface area (TPSA) is 111 Å². The van der Waals surface area contributed by atoms with Crippen LogP contribution in [-0.2, 0) is 19.9 Å². The molecule has 1 heterocycles. The van der Waals surface area contributed by atoms with Crippen molar-refractivity contribution in [3.05, 3.63) is 48.3 Å². The van der Waals surface area contributed by atoms with E-state index in [1.807, 2.05) is 0 Å². The summed E-state index contributed by atoms with van der Waals surface area (Å²) < 4.78 is 63.1. The maximum atomic E-state index is 12.9. The van der Waals surface area contributed by atoms with Crippen LogP contribution in [0.2, 0.25) is 0 Å². The van der Waals surface area contributed by atoms with E-state index < -0.39 is 25.7 Å². The molecule has 3 rings (SSSR count). The highest BCUT2D eigenvalue weighted by atomic mass is 32.2. The molecule has 0 amide bonds. The second-order valence-corrected chi connectivity index (χ2v) is 10.6. The highest BCUT2D eigenvalue weighted by Gasteiger charge is 2.19. The largest absolute Gasteiger partial charge is 0.395 e. The molecule has 0 aliphatic rings. The summed E-state index contributed by atoms with van der Waals surface area (Å²) in [7, 11) is -4.36. The quantitative estimate of drug-likeness (QED) is 0.379. The first-order valence-electron chi connectivity index (χ1n) is 8.51. The van der Waals surface area contributed by atoms with Crippen LogP contribution in [0.4, 0.5) is 4.39 Å². The van der Waals surface area contributed by atoms with Crippen LogP contribution in [0.5, 0.6) is 0 Å². The molecule has 3 aromatic rings. The summed E-state index contributed by atoms with van der Waals surface area (Å²) in [5.41, 5.74) is 0.774. The van der Waals surface area contributed by atoms with E-state index in [0.29, 0.717) is 11.0 Å². The Morgan fingerprint density at radius 2 is 1.69 bits per heavy atom. The predicted octanol–water partition coefficient (Wildman–Crippen LogP) is 1.11. The van der Waals surface area contributed by atoms with Crippen LogP contribution in [0.3, 0.4) is 0 Å². The Kier molecular flexibility index (Phi) is 5.87. The molecule has 0 aliphatic heterocycles. The Labute approximate surface area is 167 Å². The van der Waals surface area contributed by atoms with E-state index >= 15 is 0 Å². The Morgan fingerprint density at radius 1 is 1.03 bits per heavy atom. The number of halogens is 1. The molecule has 0 aliphatic carbocycles. The van der Waals surface area contributed by atoms with Crippen molar-refractivity contribution in [2.45, 2.75) is 16.2 Å². The highest BCUT2D eigenvalue weighted by Crippen LogP contribution is 2.19. The summed E-state index contributed by atoms with van der Waals surface area (Å²) in [4.78, 5) is 6.60. The third-order valence-electron chi connectivity index (χ3n) is 4.11. The monoisotopic (exact) mass is 442 g/mol. The molecular formula is C17H19FN4O5S2. The molecule has 12 heteroatoms. The number of sulfonamides is 1. The van der Waals surface area contributed by atoms with Gasteiger partial charge in [-0.1, -0.05) is 4.85 Å². The molecule has 0 spiro atoms. The van der Waals surface area contributed by atoms with Crippen LogP contribution in [0, 0.1) is 5.82 Å². The van der Waals surface area contributed by atoms with Crippen molar-refractivity contribution < 1.29 is 26.1 Å². The summed E-state index contributed by atoms with van der Waals surface area (Å²) in [6.45, 7) is 0.00351. The lowest BCUT2D eigenvalue weighted by atomic mass is 10.3. The minimum Gasteiger partial charge on any atom is -0.395 e. The molecule has 0 saturated carbocycles. The Bertz CT molecular complexity index is 1220. The predicted molar refractivity (Wildman–Crippen MR) is 103 cm³/mol. The van der Waals surface area contributed by atoms with E-state index in [2.05, 4.69) is 10.3 Å². The molecule has 29 heavy (non-hydrogen) atoms. The molecule has 0 N–H and O–H groups in total. The molecule has 0 radical (unpaired) electrons. The van der Waals surface area contributed by atoms with Gasteiger partial charge < -0.3 is 4.84 Å². The first-order valence-corrected chi connectivity index (χ1v) is 11.6. The average molecular weight is 442 g/mol. The zero-order valence-electron chi connectivity index (χ0n) is 15.7. The molecule has 9 nitrogen and oxygen atoms in total. The highest BCUT2D eigenvalue weighted by molar-refractivity contribution is 7.91. The molecule has 1 aromatic heterocycles. The fraction of sp³-hybridized carbons (Fsp3) is 0.294. The Morgan fingerprint density at radius 3 is 2.34 bits per heavy atom. The van der Waals surface area contributed by atoms with Crippen LogP contribution in [0.15, 0.2) is 52.3 Å². The van der Waals surface area contributed by atoms with Gasteiger partial charge in [0, 0.05) is 14.1 Å². The molecule has 2 aromatic carbocycles. The maximum Gasteiger partial charge on any atom is 0.242 e. The Hall–Kier alpha value is -2.57. The molecular weight excluding hydrogens is 423 g/mol. The van der Waals surface area contributed by atoms with Gasteiger partial charge in [0.15, 0.2) is 9.84 Å². The van der Waals surface area contributed by atoms with Gasteiger partial charge in [-0.2, -0.15) is 0 Å². The first-order chi connectivity index (χ1) is 13.6. The lowest BCUT2D eigenvalue weighted by molar-refractivity contribution is 0.0882. The normalized spacial score (nSPS) is 12.6. The lowest BCUT2D eigenvalue weighted by Gasteiger charge is -2.11. The fourth-order valence-electron chi connectivity index (χ4n) is 2.50. The molecule has 0 bridgehead atoms. The second kappa shape index (κ2) is 8.05. The number of aromatic nitrogens is 3. The standard InChI is InChI=1S/C17H19FN4O5S2/c1-21(2)29(25,26)15-8-9-16-17(12-15)22(20-19-16)27-10-3-11-28(23,24)14-6-4-13(18)5-7-14/h4-9,12H,3,10-11H2,1-2H3. The SMILES string of the molecule is CN(C)S(=O)(=O)c1ccc2nnn(OCCCS(=O)(=O)c3ccc(F)cc3)c2c1. The number of fused-ring (bicyclic) bond motifs is 1. The van der Waals surface area contributed by atoms with Crippen molar-refractivity contribution in [3.63, 3.8) is 0 Å².